The van der Waals surface area contributed by atoms with Gasteiger partial charge in [-0.1, -0.05) is 30.1 Å². The number of aliphatic hydroxyl groups excluding tert-OH is 3. The first-order valence-electron chi connectivity index (χ1n) is 19.5. The number of phenols is 1. The maximum atomic E-state index is 14.1. The van der Waals surface area contributed by atoms with E-state index in [1.807, 2.05) is 0 Å². The van der Waals surface area contributed by atoms with Crippen molar-refractivity contribution in [1.29, 1.82) is 0 Å². The zero-order valence-corrected chi connectivity index (χ0v) is 32.8. The normalized spacial score (nSPS) is 24.1. The molecule has 0 bridgehead atoms. The summed E-state index contributed by atoms with van der Waals surface area (Å²) in [5.41, 5.74) is 2.67. The molecule has 1 heterocycles. The number of amides is 1. The second-order valence-electron chi connectivity index (χ2n) is 14.3. The van der Waals surface area contributed by atoms with E-state index in [0.29, 0.717) is 36.3 Å². The van der Waals surface area contributed by atoms with Crippen molar-refractivity contribution in [2.24, 2.45) is 22.9 Å². The summed E-state index contributed by atoms with van der Waals surface area (Å²) in [6.45, 7) is 3.90. The van der Waals surface area contributed by atoms with E-state index in [1.165, 1.54) is 17.0 Å². The summed E-state index contributed by atoms with van der Waals surface area (Å²) in [5.74, 6) is -2.01. The molecule has 1 saturated carbocycles. The Hall–Kier alpha value is -4.25. The Morgan fingerprint density at radius 1 is 1.05 bits per heavy atom. The third-order valence-electron chi connectivity index (χ3n) is 10.8. The Kier molecular flexibility index (Phi) is 16.5. The molecular weight excluding hydrogens is 762 g/mol. The largest absolute Gasteiger partial charge is 0.508 e. The van der Waals surface area contributed by atoms with Crippen LogP contribution in [0.4, 0.5) is 10.5 Å². The smallest absolute Gasteiger partial charge is 0.410 e. The number of aliphatic hydroxyl groups is 3. The van der Waals surface area contributed by atoms with Crippen LogP contribution in [0.2, 0.25) is 0 Å². The van der Waals surface area contributed by atoms with Gasteiger partial charge in [0.25, 0.3) is 5.69 Å². The van der Waals surface area contributed by atoms with Crippen LogP contribution in [-0.4, -0.2) is 113 Å². The fraction of sp³-hybridized carbons (Fsp3) is 0.561. The summed E-state index contributed by atoms with van der Waals surface area (Å²) in [4.78, 5) is 32.4. The second kappa shape index (κ2) is 21.5. The van der Waals surface area contributed by atoms with Gasteiger partial charge in [-0.25, -0.2) is 4.79 Å². The van der Waals surface area contributed by atoms with E-state index >= 15 is 0 Å². The van der Waals surface area contributed by atoms with Gasteiger partial charge >= 0.3 is 6.09 Å². The molecule has 57 heavy (non-hydrogen) atoms. The average molecular weight is 816 g/mol. The molecular formula is C41H54ClN3O12. The molecule has 6 unspecified atom stereocenters. The van der Waals surface area contributed by atoms with Crippen LogP contribution in [0, 0.1) is 27.9 Å². The predicted octanol–water partition coefficient (Wildman–Crippen LogP) is 5.82. The molecule has 0 spiro atoms. The number of nitro groups is 1. The summed E-state index contributed by atoms with van der Waals surface area (Å²) in [5, 5.41) is 55.9. The summed E-state index contributed by atoms with van der Waals surface area (Å²) in [7, 11) is 0. The molecule has 3 aliphatic rings. The van der Waals surface area contributed by atoms with Gasteiger partial charge in [-0.2, -0.15) is 0 Å². The number of non-ortho nitro benzene ring substituents is 1. The minimum atomic E-state index is -1.56. The average Bonchev–Trinajstić information content (AvgIpc) is 3.21. The zero-order valence-electron chi connectivity index (χ0n) is 32.1. The number of alkyl halides is 1. The fourth-order valence-corrected chi connectivity index (χ4v) is 8.55. The number of allylic oxidation sites excluding steroid dienone is 1. The number of benzene rings is 2. The van der Waals surface area contributed by atoms with Gasteiger partial charge in [-0.05, 0) is 79.0 Å². The van der Waals surface area contributed by atoms with Crippen LogP contribution >= 0.6 is 11.6 Å². The number of ether oxygens (including phenoxy) is 4. The first kappa shape index (κ1) is 43.9. The molecule has 2 aliphatic carbocycles. The first-order valence-corrected chi connectivity index (χ1v) is 20.1. The van der Waals surface area contributed by atoms with Crippen molar-refractivity contribution in [3.63, 3.8) is 0 Å². The number of oxime groups is 1. The molecule has 1 fully saturated rings. The van der Waals surface area contributed by atoms with E-state index in [9.17, 15) is 35.3 Å². The van der Waals surface area contributed by atoms with Gasteiger partial charge in [-0.3, -0.25) is 15.0 Å². The highest BCUT2D eigenvalue weighted by molar-refractivity contribution is 6.18. The lowest BCUT2D eigenvalue weighted by atomic mass is 9.55. The van der Waals surface area contributed by atoms with Crippen molar-refractivity contribution >= 4 is 29.1 Å². The van der Waals surface area contributed by atoms with Crippen LogP contribution in [0.5, 0.6) is 11.5 Å². The molecule has 0 saturated heterocycles. The molecule has 1 aliphatic heterocycles. The number of nitrogens with zero attached hydrogens (tertiary/aromatic N) is 3. The van der Waals surface area contributed by atoms with Gasteiger partial charge in [-0.15, -0.1) is 18.2 Å². The molecule has 2 aromatic rings. The number of hydrogen-bond acceptors (Lipinski definition) is 13. The monoisotopic (exact) mass is 815 g/mol. The molecule has 2 aromatic carbocycles. The van der Waals surface area contributed by atoms with Crippen LogP contribution in [0.3, 0.4) is 0 Å². The number of hydrogen-bond donors (Lipinski definition) is 4. The highest BCUT2D eigenvalue weighted by Crippen LogP contribution is 2.61. The lowest BCUT2D eigenvalue weighted by Crippen LogP contribution is -2.70. The van der Waals surface area contributed by atoms with Gasteiger partial charge in [0.1, 0.15) is 30.8 Å². The molecule has 312 valence electrons. The third-order valence-corrected chi connectivity index (χ3v) is 11.0. The Labute approximate surface area is 337 Å². The van der Waals surface area contributed by atoms with Crippen LogP contribution in [0.25, 0.3) is 0 Å². The molecule has 0 aromatic heterocycles. The maximum Gasteiger partial charge on any atom is 0.410 e. The SMILES string of the molecule is C=CCOC12Oc3ccc(O)cc3C3C(CCCCO)C(CCCCO)C=C(C(=NOCc4ccc([N+](=O)[O-])cc4)CC1N(CCOCCO)C(=O)OCCCl)C32. The topological polar surface area (TPSA) is 203 Å². The second-order valence-corrected chi connectivity index (χ2v) is 14.7. The lowest BCUT2D eigenvalue weighted by molar-refractivity contribution is -0.384. The van der Waals surface area contributed by atoms with E-state index in [0.717, 1.165) is 30.4 Å². The highest BCUT2D eigenvalue weighted by atomic mass is 35.5. The Bertz CT molecular complexity index is 1710. The molecule has 5 rings (SSSR count). The number of carbonyl (C=O) groups excluding carboxylic acids is 1. The van der Waals surface area contributed by atoms with Crippen LogP contribution in [0.1, 0.15) is 62.0 Å². The van der Waals surface area contributed by atoms with Gasteiger partial charge in [0, 0.05) is 49.8 Å². The number of aromatic hydroxyl groups is 1. The number of halogens is 1. The third kappa shape index (κ3) is 10.4. The van der Waals surface area contributed by atoms with Gasteiger partial charge in [0.15, 0.2) is 0 Å². The predicted molar refractivity (Wildman–Crippen MR) is 211 cm³/mol. The Balaban J connectivity index is 1.72. The first-order chi connectivity index (χ1) is 27.7. The number of carbonyl (C=O) groups is 1. The van der Waals surface area contributed by atoms with E-state index in [1.54, 1.807) is 36.4 Å². The van der Waals surface area contributed by atoms with Crippen molar-refractivity contribution in [3.8, 4) is 11.5 Å². The summed E-state index contributed by atoms with van der Waals surface area (Å²) < 4.78 is 25.2. The summed E-state index contributed by atoms with van der Waals surface area (Å²) >= 11 is 5.97. The van der Waals surface area contributed by atoms with E-state index in [2.05, 4.69) is 12.7 Å². The van der Waals surface area contributed by atoms with Gasteiger partial charge < -0.3 is 44.2 Å². The Morgan fingerprint density at radius 3 is 2.49 bits per heavy atom. The standard InChI is InChI=1S/C41H54ClN3O12/c1-2-20-55-41-37(44(16-22-53-23-19-48)40(50)54-21-15-42)26-35(43-56-27-28-9-11-30(12-10-28)45(51)52)33-24-29(7-3-5-17-46)32(8-4-6-18-47)38(39(33)41)34-25-31(49)13-14-36(34)57-41/h2,9-14,24-25,29,32,37-39,46-49H,1,3-8,15-23,26-27H2. The minimum Gasteiger partial charge on any atom is -0.508 e. The number of phenolic OH excluding ortho intramolecular Hbond substituents is 1. The molecule has 6 atom stereocenters. The van der Waals surface area contributed by atoms with Crippen LogP contribution in [0.15, 0.2) is 71.9 Å². The molecule has 4 N–H and O–H groups in total. The summed E-state index contributed by atoms with van der Waals surface area (Å²) in [6.07, 6.45) is 7.32. The molecule has 16 heteroatoms. The van der Waals surface area contributed by atoms with Crippen LogP contribution in [-0.2, 0) is 25.7 Å². The zero-order chi connectivity index (χ0) is 40.8. The molecule has 15 nitrogen and oxygen atoms in total. The maximum absolute atomic E-state index is 14.1. The van der Waals surface area contributed by atoms with E-state index in [4.69, 9.17) is 40.5 Å². The summed E-state index contributed by atoms with van der Waals surface area (Å²) in [6, 6.07) is 10.0. The van der Waals surface area contributed by atoms with Crippen molar-refractivity contribution in [2.75, 3.05) is 58.7 Å². The highest BCUT2D eigenvalue weighted by Gasteiger charge is 2.65. The lowest BCUT2D eigenvalue weighted by Gasteiger charge is -2.59. The number of unbranched alkanes of at least 4 members (excludes halogenated alkanes) is 2. The van der Waals surface area contributed by atoms with Gasteiger partial charge in [0.2, 0.25) is 5.79 Å². The minimum absolute atomic E-state index is 0.000952. The quantitative estimate of drug-likeness (QED) is 0.0345. The van der Waals surface area contributed by atoms with Crippen molar-refractivity contribution in [1.82, 2.24) is 4.90 Å². The van der Waals surface area contributed by atoms with E-state index in [-0.39, 0.29) is 101 Å². The van der Waals surface area contributed by atoms with Crippen molar-refractivity contribution in [2.45, 2.75) is 69.3 Å². The van der Waals surface area contributed by atoms with Gasteiger partial charge in [0.05, 0.1) is 48.9 Å². The van der Waals surface area contributed by atoms with E-state index < -0.39 is 28.8 Å². The number of nitro benzene ring substituents is 1. The number of rotatable bonds is 23. The molecule has 1 amide bonds. The van der Waals surface area contributed by atoms with Crippen molar-refractivity contribution < 1.29 is 53.9 Å². The van der Waals surface area contributed by atoms with Crippen molar-refractivity contribution in [3.05, 3.63) is 88.0 Å². The number of fused-ring (bicyclic) bond motifs is 2. The van der Waals surface area contributed by atoms with Crippen LogP contribution < -0.4 is 4.74 Å². The Morgan fingerprint density at radius 2 is 1.81 bits per heavy atom. The fourth-order valence-electron chi connectivity index (χ4n) is 8.47. The molecule has 0 radical (unpaired) electrons.